The Morgan fingerprint density at radius 2 is 1.85 bits per heavy atom. The van der Waals surface area contributed by atoms with Crippen LogP contribution < -0.4 is 5.32 Å². The quantitative estimate of drug-likeness (QED) is 0.599. The molecule has 2 N–H and O–H groups in total. The Kier molecular flexibility index (Phi) is 6.29. The summed E-state index contributed by atoms with van der Waals surface area (Å²) in [5.41, 5.74) is 4.57. The molecule has 0 aliphatic carbocycles. The van der Waals surface area contributed by atoms with Crippen molar-refractivity contribution in [2.24, 2.45) is 0 Å². The zero-order valence-corrected chi connectivity index (χ0v) is 16.6. The molecule has 1 amide bonds. The van der Waals surface area contributed by atoms with Crippen LogP contribution in [0.25, 0.3) is 11.4 Å². The summed E-state index contributed by atoms with van der Waals surface area (Å²) in [5, 5.41) is 10.7. The summed E-state index contributed by atoms with van der Waals surface area (Å²) in [5.74, 6) is 0.957. The first-order chi connectivity index (χ1) is 13.0. The lowest BCUT2D eigenvalue weighted by molar-refractivity contribution is -0.119. The van der Waals surface area contributed by atoms with Gasteiger partial charge < -0.3 is 5.32 Å². The molecule has 2 aromatic carbocycles. The Labute approximate surface area is 164 Å². The Hall–Kier alpha value is -2.60. The zero-order valence-electron chi connectivity index (χ0n) is 15.8. The van der Waals surface area contributed by atoms with Crippen molar-refractivity contribution in [2.75, 3.05) is 5.75 Å². The molecule has 1 atom stereocenters. The maximum Gasteiger partial charge on any atom is 0.230 e. The molecule has 0 spiro atoms. The largest absolute Gasteiger partial charge is 0.349 e. The van der Waals surface area contributed by atoms with Crippen molar-refractivity contribution in [3.63, 3.8) is 0 Å². The molecule has 1 heterocycles. The predicted molar refractivity (Wildman–Crippen MR) is 110 cm³/mol. The van der Waals surface area contributed by atoms with Gasteiger partial charge in [0.25, 0.3) is 0 Å². The van der Waals surface area contributed by atoms with Crippen LogP contribution in [0, 0.1) is 6.92 Å². The fraction of sp³-hybridized carbons (Fsp3) is 0.286. The number of rotatable bonds is 7. The van der Waals surface area contributed by atoms with Gasteiger partial charge in [0.1, 0.15) is 0 Å². The normalized spacial score (nSPS) is 12.0. The summed E-state index contributed by atoms with van der Waals surface area (Å²) in [6, 6.07) is 16.4. The molecule has 140 valence electrons. The number of carbonyl (C=O) groups excluding carboxylic acids is 1. The minimum absolute atomic E-state index is 0.0285. The first-order valence-electron chi connectivity index (χ1n) is 9.05. The molecule has 1 aromatic heterocycles. The number of nitrogens with one attached hydrogen (secondary N) is 2. The van der Waals surface area contributed by atoms with E-state index in [1.54, 1.807) is 0 Å². The number of hydrogen-bond donors (Lipinski definition) is 2. The van der Waals surface area contributed by atoms with E-state index in [1.165, 1.54) is 22.9 Å². The van der Waals surface area contributed by atoms with Crippen LogP contribution in [0.2, 0.25) is 0 Å². The number of aromatic nitrogens is 3. The third-order valence-electron chi connectivity index (χ3n) is 4.39. The second-order valence-corrected chi connectivity index (χ2v) is 7.45. The molecule has 3 rings (SSSR count). The molecule has 6 heteroatoms. The standard InChI is InChI=1S/C21H24N4OS/c1-4-16-7-11-17(12-8-16)15(3)22-19(26)13-27-21-23-20(24-25-21)18-9-5-14(2)6-10-18/h5-12,15H,4,13H2,1-3H3,(H,22,26)(H,23,24,25)/t15-/m0/s1. The Morgan fingerprint density at radius 1 is 1.15 bits per heavy atom. The number of aromatic amines is 1. The van der Waals surface area contributed by atoms with Gasteiger partial charge in [0, 0.05) is 5.56 Å². The van der Waals surface area contributed by atoms with E-state index in [-0.39, 0.29) is 17.7 Å². The molecule has 3 aromatic rings. The topological polar surface area (TPSA) is 70.7 Å². The molecule has 0 radical (unpaired) electrons. The summed E-state index contributed by atoms with van der Waals surface area (Å²) in [6.45, 7) is 6.17. The van der Waals surface area contributed by atoms with Gasteiger partial charge in [-0.25, -0.2) is 4.98 Å². The second kappa shape index (κ2) is 8.86. The number of benzene rings is 2. The lowest BCUT2D eigenvalue weighted by Crippen LogP contribution is -2.28. The van der Waals surface area contributed by atoms with Gasteiger partial charge in [0.15, 0.2) is 5.82 Å². The Balaban J connectivity index is 1.52. The third kappa shape index (κ3) is 5.20. The van der Waals surface area contributed by atoms with Gasteiger partial charge in [-0.1, -0.05) is 72.8 Å². The predicted octanol–water partition coefficient (Wildman–Crippen LogP) is 4.31. The second-order valence-electron chi connectivity index (χ2n) is 6.51. The van der Waals surface area contributed by atoms with Crippen molar-refractivity contribution in [1.82, 2.24) is 20.5 Å². The van der Waals surface area contributed by atoms with Gasteiger partial charge >= 0.3 is 0 Å². The van der Waals surface area contributed by atoms with Crippen LogP contribution in [0.5, 0.6) is 0 Å². The van der Waals surface area contributed by atoms with Crippen molar-refractivity contribution in [2.45, 2.75) is 38.4 Å². The smallest absolute Gasteiger partial charge is 0.230 e. The van der Waals surface area contributed by atoms with E-state index in [1.807, 2.05) is 38.1 Å². The minimum atomic E-state index is -0.0336. The summed E-state index contributed by atoms with van der Waals surface area (Å²) in [4.78, 5) is 16.7. The summed E-state index contributed by atoms with van der Waals surface area (Å²) in [6.07, 6.45) is 1.01. The van der Waals surface area contributed by atoms with E-state index in [9.17, 15) is 4.79 Å². The first kappa shape index (κ1) is 19.2. The van der Waals surface area contributed by atoms with Crippen LogP contribution in [-0.2, 0) is 11.2 Å². The highest BCUT2D eigenvalue weighted by molar-refractivity contribution is 7.99. The van der Waals surface area contributed by atoms with E-state index in [0.717, 1.165) is 17.5 Å². The molecular formula is C21H24N4OS. The number of nitrogens with zero attached hydrogens (tertiary/aromatic N) is 2. The average Bonchev–Trinajstić information content (AvgIpc) is 3.16. The SMILES string of the molecule is CCc1ccc([C@H](C)NC(=O)CSc2n[nH]c(-c3ccc(C)cc3)n2)cc1. The molecule has 0 bridgehead atoms. The van der Waals surface area contributed by atoms with Crippen LogP contribution in [0.15, 0.2) is 53.7 Å². The maximum absolute atomic E-state index is 12.2. The van der Waals surface area contributed by atoms with Gasteiger partial charge in [0.2, 0.25) is 11.1 Å². The molecule has 0 saturated carbocycles. The molecule has 0 saturated heterocycles. The van der Waals surface area contributed by atoms with Crippen LogP contribution in [0.1, 0.15) is 36.6 Å². The van der Waals surface area contributed by atoms with Gasteiger partial charge in [-0.2, -0.15) is 0 Å². The number of aryl methyl sites for hydroxylation is 2. The van der Waals surface area contributed by atoms with Gasteiger partial charge in [0.05, 0.1) is 11.8 Å². The highest BCUT2D eigenvalue weighted by Crippen LogP contribution is 2.20. The lowest BCUT2D eigenvalue weighted by atomic mass is 10.1. The van der Waals surface area contributed by atoms with Crippen molar-refractivity contribution in [3.8, 4) is 11.4 Å². The van der Waals surface area contributed by atoms with E-state index in [2.05, 4.69) is 51.7 Å². The van der Waals surface area contributed by atoms with E-state index in [4.69, 9.17) is 0 Å². The van der Waals surface area contributed by atoms with E-state index >= 15 is 0 Å². The van der Waals surface area contributed by atoms with Crippen LogP contribution in [-0.4, -0.2) is 26.8 Å². The number of hydrogen-bond acceptors (Lipinski definition) is 4. The molecular weight excluding hydrogens is 356 g/mol. The molecule has 5 nitrogen and oxygen atoms in total. The highest BCUT2D eigenvalue weighted by atomic mass is 32.2. The van der Waals surface area contributed by atoms with Crippen LogP contribution >= 0.6 is 11.8 Å². The highest BCUT2D eigenvalue weighted by Gasteiger charge is 2.12. The van der Waals surface area contributed by atoms with Gasteiger partial charge in [-0.3, -0.25) is 9.89 Å². The fourth-order valence-corrected chi connectivity index (χ4v) is 3.30. The number of amides is 1. The van der Waals surface area contributed by atoms with Crippen molar-refractivity contribution < 1.29 is 4.79 Å². The summed E-state index contributed by atoms with van der Waals surface area (Å²) < 4.78 is 0. The molecule has 0 aliphatic heterocycles. The third-order valence-corrected chi connectivity index (χ3v) is 5.24. The van der Waals surface area contributed by atoms with Gasteiger partial charge in [-0.05, 0) is 31.4 Å². The summed E-state index contributed by atoms with van der Waals surface area (Å²) in [7, 11) is 0. The van der Waals surface area contributed by atoms with Crippen molar-refractivity contribution in [1.29, 1.82) is 0 Å². The molecule has 27 heavy (non-hydrogen) atoms. The zero-order chi connectivity index (χ0) is 19.2. The monoisotopic (exact) mass is 380 g/mol. The van der Waals surface area contributed by atoms with E-state index in [0.29, 0.717) is 11.0 Å². The molecule has 0 fully saturated rings. The lowest BCUT2D eigenvalue weighted by Gasteiger charge is -2.14. The number of H-pyrrole nitrogens is 1. The van der Waals surface area contributed by atoms with Crippen molar-refractivity contribution >= 4 is 17.7 Å². The first-order valence-corrected chi connectivity index (χ1v) is 10.0. The fourth-order valence-electron chi connectivity index (χ4n) is 2.69. The van der Waals surface area contributed by atoms with Crippen LogP contribution in [0.3, 0.4) is 0 Å². The van der Waals surface area contributed by atoms with E-state index < -0.39 is 0 Å². The van der Waals surface area contributed by atoms with Gasteiger partial charge in [-0.15, -0.1) is 5.10 Å². The summed E-state index contributed by atoms with van der Waals surface area (Å²) >= 11 is 1.32. The molecule has 0 unspecified atom stereocenters. The Morgan fingerprint density at radius 3 is 2.52 bits per heavy atom. The minimum Gasteiger partial charge on any atom is -0.349 e. The number of carbonyl (C=O) groups is 1. The van der Waals surface area contributed by atoms with Crippen LogP contribution in [0.4, 0.5) is 0 Å². The molecule has 0 aliphatic rings. The maximum atomic E-state index is 12.2. The Bertz CT molecular complexity index is 887. The average molecular weight is 381 g/mol. The van der Waals surface area contributed by atoms with Crippen molar-refractivity contribution in [3.05, 3.63) is 65.2 Å². The number of thioether (sulfide) groups is 1.